The van der Waals surface area contributed by atoms with Gasteiger partial charge in [-0.1, -0.05) is 51.1 Å². The van der Waals surface area contributed by atoms with Crippen molar-refractivity contribution in [2.24, 2.45) is 0 Å². The molecule has 0 saturated heterocycles. The molecule has 2 heteroatoms. The van der Waals surface area contributed by atoms with Gasteiger partial charge in [0.25, 0.3) is 0 Å². The van der Waals surface area contributed by atoms with Crippen LogP contribution in [0.15, 0.2) is 30.3 Å². The summed E-state index contributed by atoms with van der Waals surface area (Å²) >= 11 is 0. The second kappa shape index (κ2) is 5.36. The van der Waals surface area contributed by atoms with Gasteiger partial charge in [0.05, 0.1) is 0 Å². The van der Waals surface area contributed by atoms with Crippen LogP contribution >= 0.6 is 0 Å². The van der Waals surface area contributed by atoms with Crippen molar-refractivity contribution in [1.82, 2.24) is 0 Å². The van der Waals surface area contributed by atoms with E-state index in [-0.39, 0.29) is 5.60 Å². The van der Waals surface area contributed by atoms with Gasteiger partial charge >= 0.3 is 0 Å². The molecule has 17 heavy (non-hydrogen) atoms. The van der Waals surface area contributed by atoms with E-state index in [1.807, 2.05) is 0 Å². The molecule has 0 aliphatic carbocycles. The Bertz CT molecular complexity index is 340. The summed E-state index contributed by atoms with van der Waals surface area (Å²) in [4.78, 5) is 0. The molecule has 1 aromatic carbocycles. The van der Waals surface area contributed by atoms with Crippen molar-refractivity contribution in [1.29, 1.82) is 0 Å². The smallest absolute Gasteiger partial charge is 0.227 e. The lowest BCUT2D eigenvalue weighted by Gasteiger charge is -2.40. The SMILES string of the molecule is CC[Si](OC(C)(C)C)(c1ccccc1)C(C)C. The Kier molecular flexibility index (Phi) is 4.56. The summed E-state index contributed by atoms with van der Waals surface area (Å²) < 4.78 is 6.56. The topological polar surface area (TPSA) is 9.23 Å². The summed E-state index contributed by atoms with van der Waals surface area (Å²) in [5, 5.41) is 1.42. The molecule has 0 radical (unpaired) electrons. The van der Waals surface area contributed by atoms with Crippen LogP contribution in [0.25, 0.3) is 0 Å². The summed E-state index contributed by atoms with van der Waals surface area (Å²) in [7, 11) is -1.86. The van der Waals surface area contributed by atoms with Crippen LogP contribution in [0.1, 0.15) is 41.5 Å². The molecule has 96 valence electrons. The zero-order chi connectivity index (χ0) is 13.1. The Balaban J connectivity index is 3.19. The van der Waals surface area contributed by atoms with Gasteiger partial charge < -0.3 is 4.43 Å². The van der Waals surface area contributed by atoms with Gasteiger partial charge in [0.1, 0.15) is 0 Å². The van der Waals surface area contributed by atoms with Crippen LogP contribution in [0.2, 0.25) is 11.6 Å². The minimum Gasteiger partial charge on any atom is -0.407 e. The average molecular weight is 250 g/mol. The second-order valence-corrected chi connectivity index (χ2v) is 10.4. The van der Waals surface area contributed by atoms with Crippen LogP contribution in [0.4, 0.5) is 0 Å². The summed E-state index contributed by atoms with van der Waals surface area (Å²) in [5.74, 6) is 0. The van der Waals surface area contributed by atoms with Crippen molar-refractivity contribution >= 4 is 13.5 Å². The average Bonchev–Trinajstić information content (AvgIpc) is 2.25. The summed E-state index contributed by atoms with van der Waals surface area (Å²) in [6.07, 6.45) is 0. The van der Waals surface area contributed by atoms with Crippen LogP contribution in [0, 0.1) is 0 Å². The molecule has 0 bridgehead atoms. The third-order valence-corrected chi connectivity index (χ3v) is 8.41. The van der Waals surface area contributed by atoms with Crippen LogP contribution in [-0.4, -0.2) is 13.9 Å². The molecule has 0 N–H and O–H groups in total. The zero-order valence-electron chi connectivity index (χ0n) is 12.1. The van der Waals surface area contributed by atoms with Crippen LogP contribution < -0.4 is 5.19 Å². The van der Waals surface area contributed by atoms with Gasteiger partial charge in [-0.05, 0) is 37.5 Å². The monoisotopic (exact) mass is 250 g/mol. The van der Waals surface area contributed by atoms with Crippen LogP contribution in [-0.2, 0) is 4.43 Å². The Morgan fingerprint density at radius 2 is 1.65 bits per heavy atom. The normalized spacial score (nSPS) is 15.9. The standard InChI is InChI=1S/C15H26OSi/c1-7-17(13(2)3,16-15(4,5)6)14-11-9-8-10-12-14/h8-13H,7H2,1-6H3. The quantitative estimate of drug-likeness (QED) is 0.732. The van der Waals surface area contributed by atoms with Gasteiger partial charge in [-0.25, -0.2) is 0 Å². The third kappa shape index (κ3) is 3.43. The van der Waals surface area contributed by atoms with E-state index in [1.54, 1.807) is 0 Å². The van der Waals surface area contributed by atoms with Gasteiger partial charge in [-0.2, -0.15) is 0 Å². The molecular formula is C15H26OSi. The first-order valence-corrected chi connectivity index (χ1v) is 8.77. The molecule has 0 saturated carbocycles. The van der Waals surface area contributed by atoms with Crippen LogP contribution in [0.5, 0.6) is 0 Å². The molecular weight excluding hydrogens is 224 g/mol. The summed E-state index contributed by atoms with van der Waals surface area (Å²) in [6.45, 7) is 13.4. The van der Waals surface area contributed by atoms with Crippen LogP contribution in [0.3, 0.4) is 0 Å². The Morgan fingerprint density at radius 1 is 1.12 bits per heavy atom. The maximum absolute atomic E-state index is 6.56. The molecule has 1 aromatic rings. The fraction of sp³-hybridized carbons (Fsp3) is 0.600. The Labute approximate surface area is 107 Å². The highest BCUT2D eigenvalue weighted by Gasteiger charge is 2.41. The predicted octanol–water partition coefficient (Wildman–Crippen LogP) is 4.08. The maximum Gasteiger partial charge on any atom is 0.227 e. The van der Waals surface area contributed by atoms with Gasteiger partial charge in [0, 0.05) is 5.60 Å². The fourth-order valence-corrected chi connectivity index (χ4v) is 6.70. The van der Waals surface area contributed by atoms with Crippen molar-refractivity contribution < 1.29 is 4.43 Å². The van der Waals surface area contributed by atoms with Crippen molar-refractivity contribution in [3.8, 4) is 0 Å². The van der Waals surface area contributed by atoms with Gasteiger partial charge in [0.2, 0.25) is 8.32 Å². The molecule has 0 amide bonds. The molecule has 1 nitrogen and oxygen atoms in total. The summed E-state index contributed by atoms with van der Waals surface area (Å²) in [5.41, 5.74) is 0.525. The van der Waals surface area contributed by atoms with Crippen molar-refractivity contribution in [2.75, 3.05) is 0 Å². The summed E-state index contributed by atoms with van der Waals surface area (Å²) in [6, 6.07) is 11.9. The lowest BCUT2D eigenvalue weighted by molar-refractivity contribution is 0.118. The highest BCUT2D eigenvalue weighted by molar-refractivity contribution is 6.87. The first kappa shape index (κ1) is 14.5. The van der Waals surface area contributed by atoms with E-state index >= 15 is 0 Å². The highest BCUT2D eigenvalue weighted by Crippen LogP contribution is 2.30. The lowest BCUT2D eigenvalue weighted by Crippen LogP contribution is -2.56. The second-order valence-electron chi connectivity index (χ2n) is 5.98. The van der Waals surface area contributed by atoms with E-state index in [1.165, 1.54) is 5.19 Å². The first-order valence-electron chi connectivity index (χ1n) is 6.57. The highest BCUT2D eigenvalue weighted by atomic mass is 28.4. The number of rotatable bonds is 4. The molecule has 0 aromatic heterocycles. The van der Waals surface area contributed by atoms with E-state index in [0.29, 0.717) is 5.54 Å². The van der Waals surface area contributed by atoms with Gasteiger partial charge in [0.15, 0.2) is 0 Å². The molecule has 1 unspecified atom stereocenters. The molecule has 0 heterocycles. The Hall–Kier alpha value is -0.603. The zero-order valence-corrected chi connectivity index (χ0v) is 13.1. The molecule has 0 fully saturated rings. The molecule has 0 spiro atoms. The molecule has 1 rings (SSSR count). The minimum atomic E-state index is -1.86. The largest absolute Gasteiger partial charge is 0.407 e. The van der Waals surface area contributed by atoms with E-state index in [4.69, 9.17) is 4.43 Å². The number of hydrogen-bond donors (Lipinski definition) is 0. The minimum absolute atomic E-state index is 0.0671. The Morgan fingerprint density at radius 3 is 2.00 bits per heavy atom. The predicted molar refractivity (Wildman–Crippen MR) is 78.2 cm³/mol. The van der Waals surface area contributed by atoms with Gasteiger partial charge in [-0.3, -0.25) is 0 Å². The van der Waals surface area contributed by atoms with Crippen molar-refractivity contribution in [3.05, 3.63) is 30.3 Å². The van der Waals surface area contributed by atoms with Gasteiger partial charge in [-0.15, -0.1) is 0 Å². The third-order valence-electron chi connectivity index (χ3n) is 3.21. The number of hydrogen-bond acceptors (Lipinski definition) is 1. The molecule has 0 aliphatic heterocycles. The molecule has 1 atom stereocenters. The van der Waals surface area contributed by atoms with E-state index in [2.05, 4.69) is 71.9 Å². The fourth-order valence-electron chi connectivity index (χ4n) is 2.46. The van der Waals surface area contributed by atoms with E-state index in [9.17, 15) is 0 Å². The van der Waals surface area contributed by atoms with Crippen molar-refractivity contribution in [2.45, 2.75) is 58.7 Å². The molecule has 0 aliphatic rings. The lowest BCUT2D eigenvalue weighted by atomic mass is 10.2. The van der Waals surface area contributed by atoms with E-state index < -0.39 is 8.32 Å². The number of benzene rings is 1. The first-order chi connectivity index (χ1) is 7.82. The van der Waals surface area contributed by atoms with E-state index in [0.717, 1.165) is 6.04 Å². The van der Waals surface area contributed by atoms with Crippen molar-refractivity contribution in [3.63, 3.8) is 0 Å². The maximum atomic E-state index is 6.56.